The number of nitrogens with zero attached hydrogens (tertiary/aromatic N) is 4. The zero-order chi connectivity index (χ0) is 13.0. The van der Waals surface area contributed by atoms with Crippen LogP contribution in [0.4, 0.5) is 5.69 Å². The van der Waals surface area contributed by atoms with E-state index in [1.807, 2.05) is 36.9 Å². The fourth-order valence-electron chi connectivity index (χ4n) is 1.85. The summed E-state index contributed by atoms with van der Waals surface area (Å²) >= 11 is 0. The standard InChI is InChI=1S/C13H15N5/c1-10-8-13(12(9-14)11(2)17-10)15-5-7-18-6-3-4-16-18/h3-4,6,8H,5,7H2,1-2H3,(H,15,17). The van der Waals surface area contributed by atoms with Crippen molar-refractivity contribution in [2.45, 2.75) is 20.4 Å². The lowest BCUT2D eigenvalue weighted by Crippen LogP contribution is -2.12. The first-order chi connectivity index (χ1) is 8.70. The largest absolute Gasteiger partial charge is 0.382 e. The second kappa shape index (κ2) is 5.32. The molecule has 0 radical (unpaired) electrons. The van der Waals surface area contributed by atoms with Gasteiger partial charge in [0.25, 0.3) is 0 Å². The van der Waals surface area contributed by atoms with Gasteiger partial charge in [-0.15, -0.1) is 0 Å². The number of nitriles is 1. The highest BCUT2D eigenvalue weighted by molar-refractivity contribution is 5.59. The van der Waals surface area contributed by atoms with E-state index in [1.165, 1.54) is 0 Å². The van der Waals surface area contributed by atoms with E-state index in [0.717, 1.165) is 30.2 Å². The zero-order valence-electron chi connectivity index (χ0n) is 10.5. The van der Waals surface area contributed by atoms with Gasteiger partial charge in [0.2, 0.25) is 0 Å². The predicted octanol–water partition coefficient (Wildman–Crippen LogP) is 1.88. The number of rotatable bonds is 4. The van der Waals surface area contributed by atoms with Crippen molar-refractivity contribution in [3.63, 3.8) is 0 Å². The van der Waals surface area contributed by atoms with E-state index in [1.54, 1.807) is 6.20 Å². The van der Waals surface area contributed by atoms with E-state index in [4.69, 9.17) is 5.26 Å². The minimum absolute atomic E-state index is 0.612. The highest BCUT2D eigenvalue weighted by atomic mass is 15.3. The number of hydrogen-bond acceptors (Lipinski definition) is 4. The maximum atomic E-state index is 9.13. The average molecular weight is 241 g/mol. The van der Waals surface area contributed by atoms with Gasteiger partial charge in [-0.1, -0.05) is 0 Å². The van der Waals surface area contributed by atoms with Crippen LogP contribution in [-0.4, -0.2) is 21.3 Å². The summed E-state index contributed by atoms with van der Waals surface area (Å²) < 4.78 is 1.85. The second-order valence-electron chi connectivity index (χ2n) is 4.08. The first kappa shape index (κ1) is 12.1. The first-order valence-electron chi connectivity index (χ1n) is 5.80. The molecule has 0 spiro atoms. The van der Waals surface area contributed by atoms with Gasteiger partial charge in [0, 0.05) is 24.6 Å². The summed E-state index contributed by atoms with van der Waals surface area (Å²) in [6.45, 7) is 5.26. The lowest BCUT2D eigenvalue weighted by atomic mass is 10.1. The van der Waals surface area contributed by atoms with Crippen LogP contribution in [-0.2, 0) is 6.54 Å². The Kier molecular flexibility index (Phi) is 3.58. The molecular weight excluding hydrogens is 226 g/mol. The summed E-state index contributed by atoms with van der Waals surface area (Å²) in [5, 5.41) is 16.5. The molecule has 0 aliphatic carbocycles. The second-order valence-corrected chi connectivity index (χ2v) is 4.08. The molecule has 92 valence electrons. The SMILES string of the molecule is Cc1cc(NCCn2cccn2)c(C#N)c(C)n1. The number of nitrogens with one attached hydrogen (secondary N) is 1. The van der Waals surface area contributed by atoms with E-state index in [0.29, 0.717) is 5.56 Å². The molecule has 0 atom stereocenters. The van der Waals surface area contributed by atoms with E-state index in [9.17, 15) is 0 Å². The van der Waals surface area contributed by atoms with E-state index >= 15 is 0 Å². The van der Waals surface area contributed by atoms with Crippen LogP contribution in [0.2, 0.25) is 0 Å². The summed E-state index contributed by atoms with van der Waals surface area (Å²) in [6.07, 6.45) is 3.66. The third-order valence-corrected chi connectivity index (χ3v) is 2.66. The van der Waals surface area contributed by atoms with Gasteiger partial charge < -0.3 is 5.32 Å². The molecule has 2 rings (SSSR count). The maximum absolute atomic E-state index is 9.13. The molecule has 18 heavy (non-hydrogen) atoms. The van der Waals surface area contributed by atoms with Crippen LogP contribution in [0.25, 0.3) is 0 Å². The van der Waals surface area contributed by atoms with Gasteiger partial charge >= 0.3 is 0 Å². The number of hydrogen-bond donors (Lipinski definition) is 1. The van der Waals surface area contributed by atoms with E-state index in [-0.39, 0.29) is 0 Å². The molecule has 0 amide bonds. The smallest absolute Gasteiger partial charge is 0.103 e. The Morgan fingerprint density at radius 3 is 2.94 bits per heavy atom. The van der Waals surface area contributed by atoms with Gasteiger partial charge in [0.1, 0.15) is 6.07 Å². The van der Waals surface area contributed by atoms with E-state index < -0.39 is 0 Å². The molecule has 1 N–H and O–H groups in total. The van der Waals surface area contributed by atoms with Crippen molar-refractivity contribution in [1.29, 1.82) is 5.26 Å². The monoisotopic (exact) mass is 241 g/mol. The third-order valence-electron chi connectivity index (χ3n) is 2.66. The molecule has 0 unspecified atom stereocenters. The van der Waals surface area contributed by atoms with Crippen molar-refractivity contribution in [1.82, 2.24) is 14.8 Å². The fraction of sp³-hybridized carbons (Fsp3) is 0.308. The third kappa shape index (κ3) is 2.66. The molecule has 0 bridgehead atoms. The van der Waals surface area contributed by atoms with Crippen LogP contribution in [0, 0.1) is 25.2 Å². The van der Waals surface area contributed by atoms with Gasteiger partial charge in [0.05, 0.1) is 23.5 Å². The van der Waals surface area contributed by atoms with Crippen molar-refractivity contribution in [3.8, 4) is 6.07 Å². The lowest BCUT2D eigenvalue weighted by molar-refractivity contribution is 0.637. The Hall–Kier alpha value is -2.35. The van der Waals surface area contributed by atoms with Crippen LogP contribution in [0.1, 0.15) is 17.0 Å². The molecule has 5 nitrogen and oxygen atoms in total. The minimum Gasteiger partial charge on any atom is -0.382 e. The highest BCUT2D eigenvalue weighted by Gasteiger charge is 2.07. The number of aryl methyl sites for hydroxylation is 2. The van der Waals surface area contributed by atoms with Crippen LogP contribution >= 0.6 is 0 Å². The molecule has 0 aliphatic rings. The number of aromatic nitrogens is 3. The molecule has 0 aromatic carbocycles. The lowest BCUT2D eigenvalue weighted by Gasteiger charge is -2.10. The van der Waals surface area contributed by atoms with Crippen molar-refractivity contribution in [2.24, 2.45) is 0 Å². The molecule has 2 aromatic rings. The molecule has 0 saturated heterocycles. The molecule has 0 fully saturated rings. The van der Waals surface area contributed by atoms with Crippen molar-refractivity contribution < 1.29 is 0 Å². The molecule has 2 heterocycles. The van der Waals surface area contributed by atoms with Crippen LogP contribution in [0.5, 0.6) is 0 Å². The summed E-state index contributed by atoms with van der Waals surface area (Å²) in [6, 6.07) is 5.98. The number of pyridine rings is 1. The Labute approximate surface area is 106 Å². The Bertz CT molecular complexity index is 566. The maximum Gasteiger partial charge on any atom is 0.103 e. The zero-order valence-corrected chi connectivity index (χ0v) is 10.5. The molecule has 0 saturated carbocycles. The predicted molar refractivity (Wildman–Crippen MR) is 69.1 cm³/mol. The molecule has 0 aliphatic heterocycles. The topological polar surface area (TPSA) is 66.5 Å². The van der Waals surface area contributed by atoms with Crippen LogP contribution in [0.15, 0.2) is 24.5 Å². The van der Waals surface area contributed by atoms with Gasteiger partial charge in [-0.05, 0) is 26.0 Å². The summed E-state index contributed by atoms with van der Waals surface area (Å²) in [5.74, 6) is 0. The highest BCUT2D eigenvalue weighted by Crippen LogP contribution is 2.18. The normalized spacial score (nSPS) is 10.1. The van der Waals surface area contributed by atoms with Gasteiger partial charge in [-0.2, -0.15) is 10.4 Å². The van der Waals surface area contributed by atoms with Gasteiger partial charge in [-0.25, -0.2) is 0 Å². The molecule has 2 aromatic heterocycles. The minimum atomic E-state index is 0.612. The quantitative estimate of drug-likeness (QED) is 0.887. The van der Waals surface area contributed by atoms with Crippen molar-refractivity contribution in [2.75, 3.05) is 11.9 Å². The summed E-state index contributed by atoms with van der Waals surface area (Å²) in [5.41, 5.74) is 3.13. The van der Waals surface area contributed by atoms with Crippen LogP contribution in [0.3, 0.4) is 0 Å². The Morgan fingerprint density at radius 1 is 1.44 bits per heavy atom. The van der Waals surface area contributed by atoms with Gasteiger partial charge in [-0.3, -0.25) is 9.67 Å². The van der Waals surface area contributed by atoms with E-state index in [2.05, 4.69) is 21.5 Å². The fourth-order valence-corrected chi connectivity index (χ4v) is 1.85. The Morgan fingerprint density at radius 2 is 2.28 bits per heavy atom. The van der Waals surface area contributed by atoms with Crippen molar-refractivity contribution in [3.05, 3.63) is 41.5 Å². The van der Waals surface area contributed by atoms with Crippen molar-refractivity contribution >= 4 is 5.69 Å². The number of anilines is 1. The van der Waals surface area contributed by atoms with Crippen LogP contribution < -0.4 is 5.32 Å². The van der Waals surface area contributed by atoms with Gasteiger partial charge in [0.15, 0.2) is 0 Å². The first-order valence-corrected chi connectivity index (χ1v) is 5.80. The molecule has 5 heteroatoms. The molecular formula is C13H15N5. The Balaban J connectivity index is 2.07. The summed E-state index contributed by atoms with van der Waals surface area (Å²) in [4.78, 5) is 4.28. The average Bonchev–Trinajstić information content (AvgIpc) is 2.81. The summed E-state index contributed by atoms with van der Waals surface area (Å²) in [7, 11) is 0.